The number of ether oxygens (including phenoxy) is 1. The molecule has 3 aromatic carbocycles. The Morgan fingerprint density at radius 2 is 1.63 bits per heavy atom. The molecule has 5 rings (SSSR count). The highest BCUT2D eigenvalue weighted by Crippen LogP contribution is 2.33. The third-order valence-corrected chi connectivity index (χ3v) is 7.46. The van der Waals surface area contributed by atoms with E-state index in [9.17, 15) is 28.7 Å². The van der Waals surface area contributed by atoms with Crippen molar-refractivity contribution in [2.24, 2.45) is 5.92 Å². The van der Waals surface area contributed by atoms with Crippen LogP contribution in [0, 0.1) is 11.7 Å². The van der Waals surface area contributed by atoms with Crippen LogP contribution in [0.15, 0.2) is 72.8 Å². The van der Waals surface area contributed by atoms with E-state index in [1.807, 2.05) is 11.0 Å². The molecule has 2 fully saturated rings. The molecule has 1 saturated heterocycles. The van der Waals surface area contributed by atoms with Gasteiger partial charge in [0.2, 0.25) is 5.91 Å². The fourth-order valence-electron chi connectivity index (χ4n) is 5.02. The zero-order valence-corrected chi connectivity index (χ0v) is 23.5. The fourth-order valence-corrected chi connectivity index (χ4v) is 5.02. The molecule has 3 aromatic rings. The number of hydrogen-bond acceptors (Lipinski definition) is 6. The number of carbonyl (C=O) groups is 4. The number of rotatable bonds is 11. The maximum Gasteiger partial charge on any atom is 0.305 e. The Labute approximate surface area is 248 Å². The summed E-state index contributed by atoms with van der Waals surface area (Å²) < 4.78 is 19.0. The summed E-state index contributed by atoms with van der Waals surface area (Å²) in [6, 6.07) is 18.1. The van der Waals surface area contributed by atoms with Crippen molar-refractivity contribution in [2.45, 2.75) is 25.3 Å². The Hall–Kier alpha value is -4.93. The average molecular weight is 589 g/mol. The number of carboxylic acids is 1. The summed E-state index contributed by atoms with van der Waals surface area (Å²) >= 11 is 0. The normalized spacial score (nSPS) is 15.4. The van der Waals surface area contributed by atoms with Gasteiger partial charge < -0.3 is 30.3 Å². The van der Waals surface area contributed by atoms with Crippen LogP contribution in [0.2, 0.25) is 0 Å². The molecule has 1 heterocycles. The molecule has 0 radical (unpaired) electrons. The van der Waals surface area contributed by atoms with E-state index in [1.165, 1.54) is 30.3 Å². The van der Waals surface area contributed by atoms with E-state index in [1.54, 1.807) is 36.4 Å². The van der Waals surface area contributed by atoms with Gasteiger partial charge in [-0.15, -0.1) is 0 Å². The molecule has 10 nitrogen and oxygen atoms in total. The minimum Gasteiger partial charge on any atom is -0.484 e. The highest BCUT2D eigenvalue weighted by atomic mass is 19.1. The molecule has 0 spiro atoms. The largest absolute Gasteiger partial charge is 0.484 e. The van der Waals surface area contributed by atoms with Crippen LogP contribution in [0.3, 0.4) is 0 Å². The molecule has 224 valence electrons. The van der Waals surface area contributed by atoms with E-state index in [0.29, 0.717) is 48.9 Å². The predicted molar refractivity (Wildman–Crippen MR) is 157 cm³/mol. The van der Waals surface area contributed by atoms with Gasteiger partial charge in [0.15, 0.2) is 6.61 Å². The molecule has 1 saturated carbocycles. The average Bonchev–Trinajstić information content (AvgIpc) is 3.86. The zero-order chi connectivity index (χ0) is 30.3. The van der Waals surface area contributed by atoms with Gasteiger partial charge in [0.05, 0.1) is 23.8 Å². The van der Waals surface area contributed by atoms with Crippen molar-refractivity contribution >= 4 is 35.1 Å². The van der Waals surface area contributed by atoms with Crippen molar-refractivity contribution in [3.05, 3.63) is 89.7 Å². The molecule has 43 heavy (non-hydrogen) atoms. The number of amides is 3. The number of nitrogens with one attached hydrogen (secondary N) is 2. The highest BCUT2D eigenvalue weighted by molar-refractivity contribution is 6.00. The van der Waals surface area contributed by atoms with Crippen LogP contribution < -0.4 is 20.3 Å². The van der Waals surface area contributed by atoms with Gasteiger partial charge in [-0.2, -0.15) is 0 Å². The first-order valence-corrected chi connectivity index (χ1v) is 14.2. The van der Waals surface area contributed by atoms with Crippen molar-refractivity contribution in [3.8, 4) is 5.75 Å². The number of carbonyl (C=O) groups excluding carboxylic acids is 3. The van der Waals surface area contributed by atoms with Crippen LogP contribution >= 0.6 is 0 Å². The molecule has 0 bridgehead atoms. The minimum atomic E-state index is -1.13. The van der Waals surface area contributed by atoms with Gasteiger partial charge >= 0.3 is 5.97 Å². The summed E-state index contributed by atoms with van der Waals surface area (Å²) in [5, 5.41) is 15.0. The summed E-state index contributed by atoms with van der Waals surface area (Å²) in [6.07, 6.45) is 1.48. The Balaban J connectivity index is 1.34. The molecule has 1 atom stereocenters. The number of halogens is 1. The summed E-state index contributed by atoms with van der Waals surface area (Å²) in [6.45, 7) is 1.96. The van der Waals surface area contributed by atoms with E-state index >= 15 is 0 Å². The number of hydrogen-bond donors (Lipinski definition) is 3. The van der Waals surface area contributed by atoms with Crippen LogP contribution in [-0.4, -0.2) is 66.5 Å². The van der Waals surface area contributed by atoms with Crippen molar-refractivity contribution < 1.29 is 33.4 Å². The SMILES string of the molecule is O=C(O)CC(NC(=O)c1ccc(N2CCN(C(=O)C3CC3)CC2)c(NC(=O)COc2ccccc2)c1)c1ccc(F)cc1. The monoisotopic (exact) mass is 588 g/mol. The lowest BCUT2D eigenvalue weighted by Gasteiger charge is -2.37. The number of benzene rings is 3. The summed E-state index contributed by atoms with van der Waals surface area (Å²) in [4.78, 5) is 54.2. The van der Waals surface area contributed by atoms with Gasteiger partial charge in [0.1, 0.15) is 11.6 Å². The number of para-hydroxylation sites is 1. The maximum atomic E-state index is 13.5. The van der Waals surface area contributed by atoms with Crippen LogP contribution in [0.4, 0.5) is 15.8 Å². The second-order valence-electron chi connectivity index (χ2n) is 10.6. The van der Waals surface area contributed by atoms with Crippen LogP contribution in [0.25, 0.3) is 0 Å². The number of anilines is 2. The predicted octanol–water partition coefficient (Wildman–Crippen LogP) is 3.85. The van der Waals surface area contributed by atoms with E-state index < -0.39 is 36.1 Å². The minimum absolute atomic E-state index is 0.142. The van der Waals surface area contributed by atoms with Crippen molar-refractivity contribution in [1.29, 1.82) is 0 Å². The zero-order valence-electron chi connectivity index (χ0n) is 23.5. The Morgan fingerprint density at radius 1 is 0.930 bits per heavy atom. The molecular formula is C32H33FN4O6. The molecule has 11 heteroatoms. The quantitative estimate of drug-likeness (QED) is 0.311. The Morgan fingerprint density at radius 3 is 2.28 bits per heavy atom. The van der Waals surface area contributed by atoms with Crippen LogP contribution in [-0.2, 0) is 14.4 Å². The first-order valence-electron chi connectivity index (χ1n) is 14.2. The van der Waals surface area contributed by atoms with Gasteiger partial charge in [-0.3, -0.25) is 19.2 Å². The Bertz CT molecular complexity index is 1470. The van der Waals surface area contributed by atoms with E-state index in [-0.39, 0.29) is 24.0 Å². The summed E-state index contributed by atoms with van der Waals surface area (Å²) in [5.74, 6) is -1.73. The maximum absolute atomic E-state index is 13.5. The number of carboxylic acid groups (broad SMARTS) is 1. The lowest BCUT2D eigenvalue weighted by molar-refractivity contribution is -0.137. The lowest BCUT2D eigenvalue weighted by atomic mass is 10.0. The van der Waals surface area contributed by atoms with Gasteiger partial charge in [-0.1, -0.05) is 30.3 Å². The summed E-state index contributed by atoms with van der Waals surface area (Å²) in [7, 11) is 0. The number of nitrogens with zero attached hydrogens (tertiary/aromatic N) is 2. The molecule has 0 aromatic heterocycles. The van der Waals surface area contributed by atoms with Gasteiger partial charge in [-0.05, 0) is 60.9 Å². The van der Waals surface area contributed by atoms with Gasteiger partial charge in [0.25, 0.3) is 11.8 Å². The van der Waals surface area contributed by atoms with Crippen molar-refractivity contribution in [1.82, 2.24) is 10.2 Å². The van der Waals surface area contributed by atoms with Gasteiger partial charge in [-0.25, -0.2) is 4.39 Å². The van der Waals surface area contributed by atoms with Crippen LogP contribution in [0.5, 0.6) is 5.75 Å². The van der Waals surface area contributed by atoms with Crippen molar-refractivity contribution in [2.75, 3.05) is 43.0 Å². The standard InChI is InChI=1S/C32H33FN4O6/c33-24-11-8-21(9-12-24)26(19-30(39)40)35-31(41)23-10-13-28(36-14-16-37(17-15-36)32(42)22-6-7-22)27(18-23)34-29(38)20-43-25-4-2-1-3-5-25/h1-5,8-13,18,22,26H,6-7,14-17,19-20H2,(H,34,38)(H,35,41)(H,39,40). The number of aliphatic carboxylic acids is 1. The number of piperazine rings is 1. The fraction of sp³-hybridized carbons (Fsp3) is 0.312. The molecule has 1 unspecified atom stereocenters. The molecule has 1 aliphatic heterocycles. The highest BCUT2D eigenvalue weighted by Gasteiger charge is 2.35. The molecule has 2 aliphatic rings. The first kappa shape index (κ1) is 29.6. The van der Waals surface area contributed by atoms with E-state index in [0.717, 1.165) is 12.8 Å². The smallest absolute Gasteiger partial charge is 0.305 e. The second-order valence-corrected chi connectivity index (χ2v) is 10.6. The third-order valence-electron chi connectivity index (χ3n) is 7.46. The van der Waals surface area contributed by atoms with Crippen molar-refractivity contribution in [3.63, 3.8) is 0 Å². The molecular weight excluding hydrogens is 555 g/mol. The molecule has 3 N–H and O–H groups in total. The third kappa shape index (κ3) is 7.88. The summed E-state index contributed by atoms with van der Waals surface area (Å²) in [5.41, 5.74) is 1.71. The first-order chi connectivity index (χ1) is 20.8. The lowest BCUT2D eigenvalue weighted by Crippen LogP contribution is -2.49. The second kappa shape index (κ2) is 13.4. The van der Waals surface area contributed by atoms with Crippen LogP contribution in [0.1, 0.15) is 41.2 Å². The Kier molecular flexibility index (Phi) is 9.19. The van der Waals surface area contributed by atoms with E-state index in [4.69, 9.17) is 4.74 Å². The molecule has 1 aliphatic carbocycles. The topological polar surface area (TPSA) is 128 Å². The van der Waals surface area contributed by atoms with Gasteiger partial charge in [0, 0.05) is 37.7 Å². The van der Waals surface area contributed by atoms with E-state index in [2.05, 4.69) is 15.5 Å². The molecule has 3 amide bonds.